The van der Waals surface area contributed by atoms with Crippen molar-refractivity contribution in [2.45, 2.75) is 26.0 Å². The minimum absolute atomic E-state index is 0.112. The van der Waals surface area contributed by atoms with E-state index in [9.17, 15) is 0 Å². The lowest BCUT2D eigenvalue weighted by atomic mass is 9.93. The van der Waals surface area contributed by atoms with Crippen LogP contribution in [0.15, 0.2) is 67.0 Å². The average molecular weight is 440 g/mol. The zero-order valence-electron chi connectivity index (χ0n) is 19.3. The smallest absolute Gasteiger partial charge is 0.161 e. The fourth-order valence-electron chi connectivity index (χ4n) is 4.46. The largest absolute Gasteiger partial charge is 0.493 e. The Morgan fingerprint density at radius 3 is 2.82 bits per heavy atom. The van der Waals surface area contributed by atoms with E-state index in [1.54, 1.807) is 7.11 Å². The standard InChI is InChI=1S/C28H29N3O2/c1-19-6-8-20(9-7-19)18-33-27-15-21-12-14-29-25(24(21)16-26(27)32-3)11-10-22-17-31(2)28-23(22)5-4-13-30-28/h4-11,13,15-17,25,29H,12,14,18H2,1-3H3/b11-10+. The molecule has 0 saturated heterocycles. The van der Waals surface area contributed by atoms with Crippen molar-refractivity contribution in [3.05, 3.63) is 94.8 Å². The third kappa shape index (κ3) is 4.37. The fraction of sp³-hybridized carbons (Fsp3) is 0.250. The van der Waals surface area contributed by atoms with Gasteiger partial charge in [-0.25, -0.2) is 4.98 Å². The highest BCUT2D eigenvalue weighted by Crippen LogP contribution is 2.36. The molecule has 5 rings (SSSR count). The molecule has 2 aromatic carbocycles. The molecule has 5 nitrogen and oxygen atoms in total. The first kappa shape index (κ1) is 21.3. The number of pyridine rings is 1. The average Bonchev–Trinajstić information content (AvgIpc) is 3.17. The minimum Gasteiger partial charge on any atom is -0.493 e. The van der Waals surface area contributed by atoms with Crippen LogP contribution in [0.3, 0.4) is 0 Å². The van der Waals surface area contributed by atoms with Gasteiger partial charge in [-0.05, 0) is 54.3 Å². The molecule has 1 aliphatic heterocycles. The summed E-state index contributed by atoms with van der Waals surface area (Å²) in [7, 11) is 3.73. The van der Waals surface area contributed by atoms with Crippen LogP contribution in [0.25, 0.3) is 17.1 Å². The van der Waals surface area contributed by atoms with E-state index in [1.807, 2.05) is 19.3 Å². The van der Waals surface area contributed by atoms with Gasteiger partial charge in [0.25, 0.3) is 0 Å². The topological polar surface area (TPSA) is 48.3 Å². The van der Waals surface area contributed by atoms with Gasteiger partial charge in [0.1, 0.15) is 12.3 Å². The molecule has 33 heavy (non-hydrogen) atoms. The van der Waals surface area contributed by atoms with Crippen LogP contribution in [0.1, 0.15) is 33.9 Å². The lowest BCUT2D eigenvalue weighted by molar-refractivity contribution is 0.283. The maximum absolute atomic E-state index is 6.16. The molecule has 0 radical (unpaired) electrons. The number of nitrogens with one attached hydrogen (secondary N) is 1. The van der Waals surface area contributed by atoms with Crippen molar-refractivity contribution >= 4 is 17.1 Å². The number of hydrogen-bond donors (Lipinski definition) is 1. The Bertz CT molecular complexity index is 1300. The van der Waals surface area contributed by atoms with Crippen molar-refractivity contribution in [2.24, 2.45) is 7.05 Å². The summed E-state index contributed by atoms with van der Waals surface area (Å²) in [6, 6.07) is 16.9. The van der Waals surface area contributed by atoms with E-state index < -0.39 is 0 Å². The second kappa shape index (κ2) is 9.12. The number of nitrogens with zero attached hydrogens (tertiary/aromatic N) is 2. The van der Waals surface area contributed by atoms with Gasteiger partial charge in [0.15, 0.2) is 11.5 Å². The molecule has 1 unspecified atom stereocenters. The molecule has 1 aliphatic rings. The van der Waals surface area contributed by atoms with E-state index in [2.05, 4.69) is 82.6 Å². The highest BCUT2D eigenvalue weighted by atomic mass is 16.5. The van der Waals surface area contributed by atoms with Gasteiger partial charge >= 0.3 is 0 Å². The second-order valence-corrected chi connectivity index (χ2v) is 8.59. The monoisotopic (exact) mass is 439 g/mol. The molecular weight excluding hydrogens is 410 g/mol. The number of aryl methyl sites for hydroxylation is 2. The van der Waals surface area contributed by atoms with Gasteiger partial charge < -0.3 is 19.4 Å². The zero-order chi connectivity index (χ0) is 22.8. The Kier molecular flexibility index (Phi) is 5.88. The summed E-state index contributed by atoms with van der Waals surface area (Å²) < 4.78 is 13.9. The van der Waals surface area contributed by atoms with E-state index >= 15 is 0 Å². The molecule has 1 N–H and O–H groups in total. The number of hydrogen-bond acceptors (Lipinski definition) is 4. The number of fused-ring (bicyclic) bond motifs is 2. The summed E-state index contributed by atoms with van der Waals surface area (Å²) in [6.45, 7) is 3.53. The van der Waals surface area contributed by atoms with Crippen molar-refractivity contribution in [1.29, 1.82) is 0 Å². The van der Waals surface area contributed by atoms with Gasteiger partial charge in [-0.15, -0.1) is 0 Å². The molecular formula is C28H29N3O2. The zero-order valence-corrected chi connectivity index (χ0v) is 19.3. The highest BCUT2D eigenvalue weighted by Gasteiger charge is 2.21. The van der Waals surface area contributed by atoms with Gasteiger partial charge in [-0.1, -0.05) is 42.0 Å². The van der Waals surface area contributed by atoms with Crippen LogP contribution >= 0.6 is 0 Å². The Morgan fingerprint density at radius 1 is 1.15 bits per heavy atom. The predicted molar refractivity (Wildman–Crippen MR) is 133 cm³/mol. The third-order valence-corrected chi connectivity index (χ3v) is 6.27. The summed E-state index contributed by atoms with van der Waals surface area (Å²) in [5.41, 5.74) is 7.08. The predicted octanol–water partition coefficient (Wildman–Crippen LogP) is 5.37. The molecule has 0 saturated carbocycles. The summed E-state index contributed by atoms with van der Waals surface area (Å²) in [5, 5.41) is 4.79. The maximum atomic E-state index is 6.16. The molecule has 0 bridgehead atoms. The normalized spacial score (nSPS) is 15.7. The summed E-state index contributed by atoms with van der Waals surface area (Å²) in [5.74, 6) is 1.55. The van der Waals surface area contributed by atoms with E-state index in [-0.39, 0.29) is 6.04 Å². The quantitative estimate of drug-likeness (QED) is 0.439. The molecule has 0 spiro atoms. The Hall–Kier alpha value is -3.57. The summed E-state index contributed by atoms with van der Waals surface area (Å²) in [6.07, 6.45) is 9.33. The molecule has 0 amide bonds. The molecule has 0 aliphatic carbocycles. The van der Waals surface area contributed by atoms with Gasteiger partial charge in [-0.3, -0.25) is 0 Å². The number of rotatable bonds is 6. The molecule has 168 valence electrons. The van der Waals surface area contributed by atoms with Crippen molar-refractivity contribution in [1.82, 2.24) is 14.9 Å². The minimum atomic E-state index is 0.112. The first-order valence-corrected chi connectivity index (χ1v) is 11.3. The lowest BCUT2D eigenvalue weighted by Crippen LogP contribution is -2.28. The Labute approximate surface area is 194 Å². The molecule has 0 fully saturated rings. The lowest BCUT2D eigenvalue weighted by Gasteiger charge is -2.26. The number of benzene rings is 2. The number of ether oxygens (including phenoxy) is 2. The molecule has 1 atom stereocenters. The number of aromatic nitrogens is 2. The Balaban J connectivity index is 1.40. The second-order valence-electron chi connectivity index (χ2n) is 8.59. The van der Waals surface area contributed by atoms with E-state index in [0.717, 1.165) is 41.1 Å². The first-order valence-electron chi connectivity index (χ1n) is 11.3. The maximum Gasteiger partial charge on any atom is 0.161 e. The van der Waals surface area contributed by atoms with Crippen LogP contribution in [-0.4, -0.2) is 23.2 Å². The third-order valence-electron chi connectivity index (χ3n) is 6.27. The van der Waals surface area contributed by atoms with Gasteiger partial charge in [0.2, 0.25) is 0 Å². The first-order chi connectivity index (χ1) is 16.1. The molecule has 2 aromatic heterocycles. The van der Waals surface area contributed by atoms with Crippen molar-refractivity contribution < 1.29 is 9.47 Å². The molecule has 3 heterocycles. The van der Waals surface area contributed by atoms with E-state index in [0.29, 0.717) is 6.61 Å². The van der Waals surface area contributed by atoms with Crippen molar-refractivity contribution in [3.63, 3.8) is 0 Å². The van der Waals surface area contributed by atoms with Crippen LogP contribution in [0.2, 0.25) is 0 Å². The number of methoxy groups -OCH3 is 1. The van der Waals surface area contributed by atoms with Crippen molar-refractivity contribution in [2.75, 3.05) is 13.7 Å². The van der Waals surface area contributed by atoms with Gasteiger partial charge in [-0.2, -0.15) is 0 Å². The van der Waals surface area contributed by atoms with E-state index in [1.165, 1.54) is 22.3 Å². The van der Waals surface area contributed by atoms with Gasteiger partial charge in [0.05, 0.1) is 13.2 Å². The summed E-state index contributed by atoms with van der Waals surface area (Å²) in [4.78, 5) is 4.49. The van der Waals surface area contributed by atoms with E-state index in [4.69, 9.17) is 9.47 Å². The fourth-order valence-corrected chi connectivity index (χ4v) is 4.46. The van der Waals surface area contributed by atoms with Crippen LogP contribution < -0.4 is 14.8 Å². The van der Waals surface area contributed by atoms with Crippen LogP contribution in [0, 0.1) is 6.92 Å². The SMILES string of the molecule is COc1cc2c(cc1OCc1ccc(C)cc1)CCNC2/C=C/c1cn(C)c2ncccc12. The summed E-state index contributed by atoms with van der Waals surface area (Å²) >= 11 is 0. The van der Waals surface area contributed by atoms with Crippen molar-refractivity contribution in [3.8, 4) is 11.5 Å². The van der Waals surface area contributed by atoms with Gasteiger partial charge in [0, 0.05) is 36.9 Å². The van der Waals surface area contributed by atoms with Crippen LogP contribution in [-0.2, 0) is 20.1 Å². The Morgan fingerprint density at radius 2 is 2.00 bits per heavy atom. The highest BCUT2D eigenvalue weighted by molar-refractivity contribution is 5.86. The van der Waals surface area contributed by atoms with Crippen LogP contribution in [0.5, 0.6) is 11.5 Å². The molecule has 4 aromatic rings. The van der Waals surface area contributed by atoms with Crippen LogP contribution in [0.4, 0.5) is 0 Å². The molecule has 5 heteroatoms.